The Kier molecular flexibility index (Phi) is 3.30. The molecule has 0 spiro atoms. The van der Waals surface area contributed by atoms with Gasteiger partial charge in [0, 0.05) is 25.0 Å². The van der Waals surface area contributed by atoms with Crippen molar-refractivity contribution in [2.75, 3.05) is 26.7 Å². The number of methoxy groups -OCH3 is 1. The van der Waals surface area contributed by atoms with Gasteiger partial charge in [0.1, 0.15) is 5.75 Å². The number of nitrogens with zero attached hydrogens (tertiary/aromatic N) is 1. The number of fused-ring (bicyclic) bond motifs is 1. The van der Waals surface area contributed by atoms with E-state index in [1.54, 1.807) is 7.11 Å². The van der Waals surface area contributed by atoms with Crippen molar-refractivity contribution in [3.63, 3.8) is 0 Å². The second-order valence-corrected chi connectivity index (χ2v) is 7.13. The molecule has 21 heavy (non-hydrogen) atoms. The summed E-state index contributed by atoms with van der Waals surface area (Å²) in [4.78, 5) is 2.73. The minimum atomic E-state index is 0.318. The molecule has 112 valence electrons. The fraction of sp³-hybridized carbons (Fsp3) is 0.579. The Morgan fingerprint density at radius 2 is 2.19 bits per heavy atom. The van der Waals surface area contributed by atoms with E-state index in [9.17, 15) is 0 Å². The van der Waals surface area contributed by atoms with Crippen molar-refractivity contribution in [3.8, 4) is 5.75 Å². The highest BCUT2D eigenvalue weighted by Crippen LogP contribution is 2.48. The maximum atomic E-state index is 5.46. The largest absolute Gasteiger partial charge is 0.497 e. The molecule has 2 unspecified atom stereocenters. The maximum absolute atomic E-state index is 5.46. The number of rotatable bonds is 4. The van der Waals surface area contributed by atoms with Gasteiger partial charge in [-0.25, -0.2) is 0 Å². The van der Waals surface area contributed by atoms with Gasteiger partial charge < -0.3 is 9.64 Å². The molecule has 1 heterocycles. The van der Waals surface area contributed by atoms with Crippen LogP contribution in [0.3, 0.4) is 0 Å². The zero-order valence-corrected chi connectivity index (χ0v) is 12.9. The average Bonchev–Trinajstić information content (AvgIpc) is 3.25. The molecule has 4 rings (SSSR count). The lowest BCUT2D eigenvalue weighted by molar-refractivity contribution is 0.296. The van der Waals surface area contributed by atoms with Gasteiger partial charge in [-0.1, -0.05) is 24.3 Å². The third-order valence-electron chi connectivity index (χ3n) is 5.69. The molecular weight excluding hydrogens is 258 g/mol. The Labute approximate surface area is 127 Å². The van der Waals surface area contributed by atoms with E-state index in [2.05, 4.69) is 41.3 Å². The molecule has 2 aliphatic carbocycles. The standard InChI is InChI=1S/C19H25NO/c1-21-18-7-4-6-16(11-18)19-10-3-2-5-17(19)13-20(14-19)12-15-8-9-15/h2-4,6-7,11,15,17H,5,8-10,12-14H2,1H3. The molecule has 2 heteroatoms. The Morgan fingerprint density at radius 3 is 3.00 bits per heavy atom. The summed E-state index contributed by atoms with van der Waals surface area (Å²) in [6.45, 7) is 3.83. The van der Waals surface area contributed by atoms with Gasteiger partial charge in [0.05, 0.1) is 7.11 Å². The van der Waals surface area contributed by atoms with E-state index >= 15 is 0 Å². The molecule has 3 aliphatic rings. The maximum Gasteiger partial charge on any atom is 0.119 e. The molecule has 0 amide bonds. The Hall–Kier alpha value is -1.28. The highest BCUT2D eigenvalue weighted by molar-refractivity contribution is 5.38. The van der Waals surface area contributed by atoms with E-state index in [0.29, 0.717) is 5.41 Å². The van der Waals surface area contributed by atoms with Gasteiger partial charge >= 0.3 is 0 Å². The number of hydrogen-bond acceptors (Lipinski definition) is 2. The predicted octanol–water partition coefficient (Wildman–Crippen LogP) is 3.62. The zero-order chi connectivity index (χ0) is 14.3. The van der Waals surface area contributed by atoms with Gasteiger partial charge in [-0.3, -0.25) is 0 Å². The van der Waals surface area contributed by atoms with Crippen LogP contribution >= 0.6 is 0 Å². The van der Waals surface area contributed by atoms with Crippen molar-refractivity contribution >= 4 is 0 Å². The summed E-state index contributed by atoms with van der Waals surface area (Å²) >= 11 is 0. The van der Waals surface area contributed by atoms with E-state index in [4.69, 9.17) is 4.74 Å². The molecule has 1 saturated carbocycles. The van der Waals surface area contributed by atoms with E-state index in [1.807, 2.05) is 0 Å². The second-order valence-electron chi connectivity index (χ2n) is 7.13. The number of ether oxygens (including phenoxy) is 1. The van der Waals surface area contributed by atoms with E-state index in [-0.39, 0.29) is 0 Å². The molecule has 2 nitrogen and oxygen atoms in total. The summed E-state index contributed by atoms with van der Waals surface area (Å²) in [5.74, 6) is 2.75. The van der Waals surface area contributed by atoms with Crippen LogP contribution in [0.4, 0.5) is 0 Å². The van der Waals surface area contributed by atoms with E-state index < -0.39 is 0 Å². The molecular formula is C19H25NO. The Balaban J connectivity index is 1.65. The first kappa shape index (κ1) is 13.4. The lowest BCUT2D eigenvalue weighted by Gasteiger charge is -2.37. The zero-order valence-electron chi connectivity index (χ0n) is 12.9. The number of benzene rings is 1. The fourth-order valence-corrected chi connectivity index (χ4v) is 4.35. The first-order chi connectivity index (χ1) is 10.3. The van der Waals surface area contributed by atoms with Crippen LogP contribution in [0.1, 0.15) is 31.2 Å². The third-order valence-corrected chi connectivity index (χ3v) is 5.69. The van der Waals surface area contributed by atoms with Crippen LogP contribution in [0, 0.1) is 11.8 Å². The van der Waals surface area contributed by atoms with Gasteiger partial charge in [-0.2, -0.15) is 0 Å². The van der Waals surface area contributed by atoms with Crippen molar-refractivity contribution in [2.45, 2.75) is 31.1 Å². The Bertz CT molecular complexity index is 548. The summed E-state index contributed by atoms with van der Waals surface area (Å²) in [5, 5.41) is 0. The minimum Gasteiger partial charge on any atom is -0.497 e. The monoisotopic (exact) mass is 283 g/mol. The van der Waals surface area contributed by atoms with Crippen LogP contribution in [0.15, 0.2) is 36.4 Å². The average molecular weight is 283 g/mol. The summed E-state index contributed by atoms with van der Waals surface area (Å²) in [7, 11) is 1.77. The fourth-order valence-electron chi connectivity index (χ4n) is 4.35. The van der Waals surface area contributed by atoms with Crippen molar-refractivity contribution < 1.29 is 4.74 Å². The molecule has 2 fully saturated rings. The second kappa shape index (κ2) is 5.17. The first-order valence-corrected chi connectivity index (χ1v) is 8.32. The van der Waals surface area contributed by atoms with Crippen molar-refractivity contribution in [1.82, 2.24) is 4.90 Å². The number of likely N-dealkylation sites (tertiary alicyclic amines) is 1. The minimum absolute atomic E-state index is 0.318. The van der Waals surface area contributed by atoms with Gasteiger partial charge in [0.2, 0.25) is 0 Å². The summed E-state index contributed by atoms with van der Waals surface area (Å²) in [6.07, 6.45) is 10.1. The molecule has 1 saturated heterocycles. The molecule has 0 aromatic heterocycles. The summed E-state index contributed by atoms with van der Waals surface area (Å²) in [5.41, 5.74) is 1.80. The molecule has 0 N–H and O–H groups in total. The molecule has 0 bridgehead atoms. The molecule has 1 aliphatic heterocycles. The van der Waals surface area contributed by atoms with Gasteiger partial charge in [0.25, 0.3) is 0 Å². The first-order valence-electron chi connectivity index (χ1n) is 8.32. The van der Waals surface area contributed by atoms with E-state index in [0.717, 1.165) is 17.6 Å². The Morgan fingerprint density at radius 1 is 1.29 bits per heavy atom. The summed E-state index contributed by atoms with van der Waals surface area (Å²) < 4.78 is 5.46. The van der Waals surface area contributed by atoms with Crippen LogP contribution in [0.25, 0.3) is 0 Å². The SMILES string of the molecule is COc1cccc(C23CC=CCC2CN(CC2CC2)C3)c1. The normalized spacial score (nSPS) is 32.1. The molecule has 1 aromatic carbocycles. The summed E-state index contributed by atoms with van der Waals surface area (Å²) in [6, 6.07) is 8.80. The van der Waals surface area contributed by atoms with Gasteiger partial charge in [-0.05, 0) is 55.2 Å². The molecule has 2 atom stereocenters. The van der Waals surface area contributed by atoms with Crippen LogP contribution in [0.5, 0.6) is 5.75 Å². The van der Waals surface area contributed by atoms with Gasteiger partial charge in [0.15, 0.2) is 0 Å². The van der Waals surface area contributed by atoms with Gasteiger partial charge in [-0.15, -0.1) is 0 Å². The number of hydrogen-bond donors (Lipinski definition) is 0. The highest BCUT2D eigenvalue weighted by atomic mass is 16.5. The van der Waals surface area contributed by atoms with E-state index in [1.165, 1.54) is 50.9 Å². The molecule has 1 aromatic rings. The van der Waals surface area contributed by atoms with Crippen molar-refractivity contribution in [1.29, 1.82) is 0 Å². The molecule has 0 radical (unpaired) electrons. The van der Waals surface area contributed by atoms with Crippen molar-refractivity contribution in [2.24, 2.45) is 11.8 Å². The van der Waals surface area contributed by atoms with Crippen molar-refractivity contribution in [3.05, 3.63) is 42.0 Å². The smallest absolute Gasteiger partial charge is 0.119 e. The van der Waals surface area contributed by atoms with Crippen LogP contribution in [0.2, 0.25) is 0 Å². The topological polar surface area (TPSA) is 12.5 Å². The number of allylic oxidation sites excluding steroid dienone is 2. The quantitative estimate of drug-likeness (QED) is 0.783. The lowest BCUT2D eigenvalue weighted by atomic mass is 9.67. The highest BCUT2D eigenvalue weighted by Gasteiger charge is 2.48. The van der Waals surface area contributed by atoms with Crippen LogP contribution in [-0.2, 0) is 5.41 Å². The third kappa shape index (κ3) is 2.40. The predicted molar refractivity (Wildman–Crippen MR) is 85.7 cm³/mol. The van der Waals surface area contributed by atoms with Crippen LogP contribution < -0.4 is 4.74 Å². The lowest BCUT2D eigenvalue weighted by Crippen LogP contribution is -2.36. The van der Waals surface area contributed by atoms with Crippen LogP contribution in [-0.4, -0.2) is 31.6 Å².